The van der Waals surface area contributed by atoms with E-state index in [4.69, 9.17) is 4.74 Å². The highest BCUT2D eigenvalue weighted by Crippen LogP contribution is 2.35. The minimum atomic E-state index is -0.121. The molecule has 23 heavy (non-hydrogen) atoms. The van der Waals surface area contributed by atoms with E-state index in [1.807, 2.05) is 0 Å². The molecule has 0 aliphatic carbocycles. The Hall–Kier alpha value is -2.11. The Bertz CT molecular complexity index is 675. The van der Waals surface area contributed by atoms with E-state index < -0.39 is 0 Å². The Morgan fingerprint density at radius 1 is 1.09 bits per heavy atom. The molecular weight excluding hydrogens is 318 g/mol. The van der Waals surface area contributed by atoms with Crippen LogP contribution in [0.5, 0.6) is 23.0 Å². The molecule has 4 N–H and O–H groups in total. The summed E-state index contributed by atoms with van der Waals surface area (Å²) in [6.07, 6.45) is 0.791. The van der Waals surface area contributed by atoms with Crippen molar-refractivity contribution in [3.05, 3.63) is 47.5 Å². The molecule has 0 amide bonds. The zero-order valence-electron chi connectivity index (χ0n) is 12.7. The van der Waals surface area contributed by atoms with E-state index in [0.29, 0.717) is 12.4 Å². The van der Waals surface area contributed by atoms with Crippen LogP contribution in [0.15, 0.2) is 36.4 Å². The van der Waals surface area contributed by atoms with E-state index in [0.717, 1.165) is 17.5 Å². The maximum absolute atomic E-state index is 9.73. The van der Waals surface area contributed by atoms with E-state index in [-0.39, 0.29) is 41.7 Å². The first-order chi connectivity index (χ1) is 10.5. The monoisotopic (exact) mass is 337 g/mol. The van der Waals surface area contributed by atoms with Gasteiger partial charge in [-0.3, -0.25) is 0 Å². The first-order valence-corrected chi connectivity index (χ1v) is 7.25. The average molecular weight is 338 g/mol. The minimum Gasteiger partial charge on any atom is -0.508 e. The van der Waals surface area contributed by atoms with Crippen LogP contribution in [0, 0.1) is 0 Å². The highest BCUT2D eigenvalue weighted by molar-refractivity contribution is 5.85. The van der Waals surface area contributed by atoms with Crippen molar-refractivity contribution in [2.45, 2.75) is 25.4 Å². The van der Waals surface area contributed by atoms with Gasteiger partial charge in [0.05, 0.1) is 6.04 Å². The molecule has 1 aliphatic rings. The normalized spacial score (nSPS) is 19.5. The smallest absolute Gasteiger partial charge is 0.157 e. The Balaban J connectivity index is 0.00000192. The van der Waals surface area contributed by atoms with Gasteiger partial charge in [0.15, 0.2) is 11.5 Å². The Morgan fingerprint density at radius 2 is 1.74 bits per heavy atom. The average Bonchev–Trinajstić information content (AvgIpc) is 2.48. The second-order valence-corrected chi connectivity index (χ2v) is 5.67. The number of aromatic hydroxyl groups is 3. The van der Waals surface area contributed by atoms with Crippen LogP contribution in [0.1, 0.15) is 24.1 Å². The Labute approximate surface area is 141 Å². The summed E-state index contributed by atoms with van der Waals surface area (Å²) >= 11 is 0. The minimum absolute atomic E-state index is 0. The number of fused-ring (bicyclic) bond motifs is 1. The molecule has 0 radical (unpaired) electrons. The van der Waals surface area contributed by atoms with Gasteiger partial charge in [0.1, 0.15) is 18.1 Å². The summed E-state index contributed by atoms with van der Waals surface area (Å²) in [5.41, 5.74) is 1.95. The van der Waals surface area contributed by atoms with Crippen molar-refractivity contribution in [3.63, 3.8) is 0 Å². The number of benzene rings is 2. The largest absolute Gasteiger partial charge is 0.508 e. The standard InChI is InChI=1S/C17H19NO4.ClH/c1-10-6-11-7-16(20)17(21)8-14(11)15(18-10)9-22-13-4-2-12(19)3-5-13;/h2-5,7-8,10,15,18-21H,6,9H2,1H3;1H. The number of phenolic OH excluding ortho intramolecular Hbond substituents is 3. The fourth-order valence-electron chi connectivity index (χ4n) is 2.82. The van der Waals surface area contributed by atoms with Crippen LogP contribution in [0.2, 0.25) is 0 Å². The van der Waals surface area contributed by atoms with Gasteiger partial charge in [-0.25, -0.2) is 0 Å². The van der Waals surface area contributed by atoms with Gasteiger partial charge in [-0.1, -0.05) is 0 Å². The predicted octanol–water partition coefficient (Wildman–Crippen LogP) is 2.88. The lowest BCUT2D eigenvalue weighted by Gasteiger charge is -2.31. The van der Waals surface area contributed by atoms with Crippen LogP contribution in [0.25, 0.3) is 0 Å². The third-order valence-electron chi connectivity index (χ3n) is 3.88. The van der Waals surface area contributed by atoms with Crippen LogP contribution < -0.4 is 10.1 Å². The van der Waals surface area contributed by atoms with Gasteiger partial charge in [-0.2, -0.15) is 0 Å². The van der Waals surface area contributed by atoms with E-state index >= 15 is 0 Å². The molecular formula is C17H20ClNO4. The molecule has 3 rings (SSSR count). The maximum Gasteiger partial charge on any atom is 0.157 e. The first-order valence-electron chi connectivity index (χ1n) is 7.25. The maximum atomic E-state index is 9.73. The molecule has 0 bridgehead atoms. The van der Waals surface area contributed by atoms with Crippen LogP contribution in [-0.4, -0.2) is 28.0 Å². The molecule has 0 aromatic heterocycles. The third-order valence-corrected chi connectivity index (χ3v) is 3.88. The molecule has 2 atom stereocenters. The van der Waals surface area contributed by atoms with Gasteiger partial charge in [-0.05, 0) is 60.9 Å². The topological polar surface area (TPSA) is 82.0 Å². The lowest BCUT2D eigenvalue weighted by molar-refractivity contribution is 0.246. The molecule has 2 aromatic carbocycles. The van der Waals surface area contributed by atoms with Crippen molar-refractivity contribution >= 4 is 12.4 Å². The molecule has 124 valence electrons. The quantitative estimate of drug-likeness (QED) is 0.647. The summed E-state index contributed by atoms with van der Waals surface area (Å²) in [5.74, 6) is 0.653. The van der Waals surface area contributed by atoms with Crippen LogP contribution in [0.3, 0.4) is 0 Å². The van der Waals surface area contributed by atoms with E-state index in [1.165, 1.54) is 0 Å². The fourth-order valence-corrected chi connectivity index (χ4v) is 2.82. The molecule has 0 saturated carbocycles. The van der Waals surface area contributed by atoms with Crippen molar-refractivity contribution < 1.29 is 20.1 Å². The third kappa shape index (κ3) is 3.81. The van der Waals surface area contributed by atoms with E-state index in [9.17, 15) is 15.3 Å². The zero-order chi connectivity index (χ0) is 15.7. The zero-order valence-corrected chi connectivity index (χ0v) is 13.5. The summed E-state index contributed by atoms with van der Waals surface area (Å²) in [4.78, 5) is 0. The number of nitrogens with one attached hydrogen (secondary N) is 1. The fraction of sp³-hybridized carbons (Fsp3) is 0.294. The molecule has 5 nitrogen and oxygen atoms in total. The molecule has 1 heterocycles. The van der Waals surface area contributed by atoms with Gasteiger partial charge in [0.25, 0.3) is 0 Å². The van der Waals surface area contributed by atoms with Crippen molar-refractivity contribution in [3.8, 4) is 23.0 Å². The van der Waals surface area contributed by atoms with Crippen LogP contribution >= 0.6 is 12.4 Å². The number of phenols is 3. The SMILES string of the molecule is CC1Cc2cc(O)c(O)cc2C(COc2ccc(O)cc2)N1.Cl. The molecule has 2 aromatic rings. The summed E-state index contributed by atoms with van der Waals surface area (Å²) in [5, 5.41) is 32.1. The molecule has 0 spiro atoms. The van der Waals surface area contributed by atoms with Crippen LogP contribution in [0.4, 0.5) is 0 Å². The first kappa shape index (κ1) is 17.2. The number of halogens is 1. The Morgan fingerprint density at radius 3 is 2.43 bits per heavy atom. The van der Waals surface area contributed by atoms with Gasteiger partial charge in [0, 0.05) is 6.04 Å². The molecule has 1 aliphatic heterocycles. The Kier molecular flexibility index (Phi) is 5.23. The van der Waals surface area contributed by atoms with Crippen molar-refractivity contribution in [1.29, 1.82) is 0 Å². The second-order valence-electron chi connectivity index (χ2n) is 5.67. The molecule has 0 saturated heterocycles. The predicted molar refractivity (Wildman–Crippen MR) is 89.7 cm³/mol. The van der Waals surface area contributed by atoms with Crippen LogP contribution in [-0.2, 0) is 6.42 Å². The van der Waals surface area contributed by atoms with Gasteiger partial charge in [0.2, 0.25) is 0 Å². The summed E-state index contributed by atoms with van der Waals surface area (Å²) < 4.78 is 5.76. The summed E-state index contributed by atoms with van der Waals surface area (Å²) in [6.45, 7) is 2.47. The number of ether oxygens (including phenoxy) is 1. The van der Waals surface area contributed by atoms with Crippen molar-refractivity contribution in [1.82, 2.24) is 5.32 Å². The lowest BCUT2D eigenvalue weighted by atomic mass is 9.90. The second kappa shape index (κ2) is 6.98. The molecule has 2 unspecified atom stereocenters. The summed E-state index contributed by atoms with van der Waals surface area (Å²) in [6, 6.07) is 9.95. The van der Waals surface area contributed by atoms with Crippen molar-refractivity contribution in [2.75, 3.05) is 6.61 Å². The molecule has 6 heteroatoms. The molecule has 0 fully saturated rings. The number of hydrogen-bond donors (Lipinski definition) is 4. The van der Waals surface area contributed by atoms with E-state index in [1.54, 1.807) is 36.4 Å². The lowest BCUT2D eigenvalue weighted by Crippen LogP contribution is -2.40. The van der Waals surface area contributed by atoms with E-state index in [2.05, 4.69) is 12.2 Å². The highest BCUT2D eigenvalue weighted by atomic mass is 35.5. The number of hydrogen-bond acceptors (Lipinski definition) is 5. The van der Waals surface area contributed by atoms with Gasteiger partial charge in [-0.15, -0.1) is 12.4 Å². The number of rotatable bonds is 3. The van der Waals surface area contributed by atoms with Gasteiger partial charge < -0.3 is 25.4 Å². The van der Waals surface area contributed by atoms with Gasteiger partial charge >= 0.3 is 0 Å². The highest BCUT2D eigenvalue weighted by Gasteiger charge is 2.26. The summed E-state index contributed by atoms with van der Waals surface area (Å²) in [7, 11) is 0. The van der Waals surface area contributed by atoms with Crippen molar-refractivity contribution in [2.24, 2.45) is 0 Å².